The van der Waals surface area contributed by atoms with E-state index in [4.69, 9.17) is 21.4 Å². The van der Waals surface area contributed by atoms with Gasteiger partial charge in [-0.25, -0.2) is 0 Å². The Kier molecular flexibility index (Phi) is 6.17. The predicted octanol–water partition coefficient (Wildman–Crippen LogP) is 1.11. The number of nitrogens with zero attached hydrogens (tertiary/aromatic N) is 1. The van der Waals surface area contributed by atoms with Crippen LogP contribution in [0.25, 0.3) is 0 Å². The lowest BCUT2D eigenvalue weighted by atomic mass is 10.3. The van der Waals surface area contributed by atoms with Crippen molar-refractivity contribution in [3.8, 4) is 6.07 Å². The van der Waals surface area contributed by atoms with Crippen molar-refractivity contribution in [3.05, 3.63) is 36.0 Å². The Balaban J connectivity index is 2.79. The van der Waals surface area contributed by atoms with Crippen LogP contribution in [0.4, 0.5) is 5.69 Å². The Labute approximate surface area is 127 Å². The van der Waals surface area contributed by atoms with Crippen molar-refractivity contribution < 1.29 is 17.8 Å². The van der Waals surface area contributed by atoms with Crippen molar-refractivity contribution in [1.82, 2.24) is 5.32 Å². The molecule has 112 valence electrons. The van der Waals surface area contributed by atoms with Crippen molar-refractivity contribution in [1.29, 1.82) is 5.26 Å². The smallest absolute Gasteiger partial charge is 0.294 e. The Morgan fingerprint density at radius 2 is 2.00 bits per heavy atom. The molecule has 0 saturated heterocycles. The summed E-state index contributed by atoms with van der Waals surface area (Å²) in [6.45, 7) is 0.239. The van der Waals surface area contributed by atoms with Gasteiger partial charge in [0.1, 0.15) is 11.6 Å². The van der Waals surface area contributed by atoms with E-state index in [1.54, 1.807) is 6.07 Å². The maximum absolute atomic E-state index is 11.5. The molecule has 0 aliphatic carbocycles. The topological polar surface area (TPSA) is 119 Å². The number of hydrogen-bond donors (Lipinski definition) is 3. The third kappa shape index (κ3) is 5.43. The molecule has 3 N–H and O–H groups in total. The molecule has 0 aliphatic rings. The molecule has 0 radical (unpaired) electrons. The molecule has 21 heavy (non-hydrogen) atoms. The Hall–Kier alpha value is -2.08. The van der Waals surface area contributed by atoms with Gasteiger partial charge in [0.15, 0.2) is 0 Å². The monoisotopic (exact) mass is 329 g/mol. The first-order valence-corrected chi connectivity index (χ1v) is 7.64. The fraction of sp³-hybridized carbons (Fsp3) is 0.167. The summed E-state index contributed by atoms with van der Waals surface area (Å²) < 4.78 is 30.5. The van der Waals surface area contributed by atoms with Crippen molar-refractivity contribution in [3.63, 3.8) is 0 Å². The van der Waals surface area contributed by atoms with E-state index in [9.17, 15) is 13.2 Å². The van der Waals surface area contributed by atoms with Crippen LogP contribution in [0, 0.1) is 11.3 Å². The van der Waals surface area contributed by atoms with Gasteiger partial charge in [-0.15, -0.1) is 11.6 Å². The molecule has 0 bridgehead atoms. The lowest BCUT2D eigenvalue weighted by Gasteiger charge is -2.04. The number of carbonyl (C=O) groups excluding carboxylic acids is 1. The van der Waals surface area contributed by atoms with E-state index in [1.165, 1.54) is 30.5 Å². The molecule has 0 saturated carbocycles. The van der Waals surface area contributed by atoms with Crippen LogP contribution in [0.3, 0.4) is 0 Å². The second-order valence-corrected chi connectivity index (χ2v) is 5.56. The number of hydrogen-bond acceptors (Lipinski definition) is 5. The number of nitriles is 1. The maximum atomic E-state index is 11.5. The lowest BCUT2D eigenvalue weighted by Crippen LogP contribution is -2.26. The summed E-state index contributed by atoms with van der Waals surface area (Å²) in [6.07, 6.45) is 1.19. The van der Waals surface area contributed by atoms with E-state index in [1.807, 2.05) is 0 Å². The molecule has 9 heteroatoms. The van der Waals surface area contributed by atoms with E-state index in [-0.39, 0.29) is 22.9 Å². The van der Waals surface area contributed by atoms with Crippen LogP contribution in [0.15, 0.2) is 40.9 Å². The largest absolute Gasteiger partial charge is 0.360 e. The number of carbonyl (C=O) groups is 1. The third-order valence-corrected chi connectivity index (χ3v) is 3.34. The number of anilines is 1. The van der Waals surface area contributed by atoms with Gasteiger partial charge < -0.3 is 10.6 Å². The zero-order chi connectivity index (χ0) is 15.9. The van der Waals surface area contributed by atoms with Gasteiger partial charge in [0.25, 0.3) is 16.0 Å². The van der Waals surface area contributed by atoms with Gasteiger partial charge >= 0.3 is 0 Å². The summed E-state index contributed by atoms with van der Waals surface area (Å²) in [5.74, 6) is -0.338. The highest BCUT2D eigenvalue weighted by atomic mass is 35.5. The highest BCUT2D eigenvalue weighted by molar-refractivity contribution is 7.85. The molecule has 0 atom stereocenters. The van der Waals surface area contributed by atoms with Gasteiger partial charge in [-0.1, -0.05) is 0 Å². The van der Waals surface area contributed by atoms with Crippen LogP contribution in [0.2, 0.25) is 0 Å². The SMILES string of the molecule is N#C/C(=C/Nc1ccc(S(=O)(=O)O)cc1)C(=O)NCCCl. The standard InChI is InChI=1S/C12H12ClN3O4S/c13-5-6-15-12(17)9(7-14)8-16-10-1-3-11(4-2-10)21(18,19)20/h1-4,8,16H,5-6H2,(H,15,17)(H,18,19,20)/b9-8-. The minimum Gasteiger partial charge on any atom is -0.360 e. The molecule has 0 aliphatic heterocycles. The summed E-state index contributed by atoms with van der Waals surface area (Å²) in [4.78, 5) is 11.3. The maximum Gasteiger partial charge on any atom is 0.294 e. The molecule has 0 fully saturated rings. The van der Waals surface area contributed by atoms with Gasteiger partial charge in [0, 0.05) is 24.3 Å². The normalized spacial score (nSPS) is 11.6. The molecule has 1 rings (SSSR count). The number of nitrogens with one attached hydrogen (secondary N) is 2. The quantitative estimate of drug-likeness (QED) is 0.311. The van der Waals surface area contributed by atoms with Crippen molar-refractivity contribution in [2.75, 3.05) is 17.7 Å². The summed E-state index contributed by atoms with van der Waals surface area (Å²) >= 11 is 5.42. The molecule has 7 nitrogen and oxygen atoms in total. The molecule has 1 aromatic rings. The fourth-order valence-electron chi connectivity index (χ4n) is 1.28. The predicted molar refractivity (Wildman–Crippen MR) is 77.3 cm³/mol. The highest BCUT2D eigenvalue weighted by Crippen LogP contribution is 2.13. The van der Waals surface area contributed by atoms with Crippen LogP contribution >= 0.6 is 11.6 Å². The van der Waals surface area contributed by atoms with Crippen LogP contribution in [0.5, 0.6) is 0 Å². The number of rotatable bonds is 6. The second kappa shape index (κ2) is 7.64. The molecular weight excluding hydrogens is 318 g/mol. The van der Waals surface area contributed by atoms with Crippen LogP contribution < -0.4 is 10.6 Å². The van der Waals surface area contributed by atoms with Crippen molar-refractivity contribution in [2.24, 2.45) is 0 Å². The van der Waals surface area contributed by atoms with E-state index in [0.29, 0.717) is 5.69 Å². The first-order valence-electron chi connectivity index (χ1n) is 5.67. The highest BCUT2D eigenvalue weighted by Gasteiger charge is 2.09. The Morgan fingerprint density at radius 1 is 1.38 bits per heavy atom. The molecule has 1 aromatic carbocycles. The number of alkyl halides is 1. The number of benzene rings is 1. The van der Waals surface area contributed by atoms with Crippen molar-refractivity contribution >= 4 is 33.3 Å². The van der Waals surface area contributed by atoms with E-state index in [0.717, 1.165) is 0 Å². The van der Waals surface area contributed by atoms with Gasteiger partial charge in [-0.2, -0.15) is 13.7 Å². The third-order valence-electron chi connectivity index (χ3n) is 2.28. The summed E-state index contributed by atoms with van der Waals surface area (Å²) in [7, 11) is -4.25. The number of halogens is 1. The van der Waals surface area contributed by atoms with Gasteiger partial charge in [-0.05, 0) is 24.3 Å². The number of amides is 1. The average molecular weight is 330 g/mol. The second-order valence-electron chi connectivity index (χ2n) is 3.76. The summed E-state index contributed by atoms with van der Waals surface area (Å²) in [6, 6.07) is 6.86. The van der Waals surface area contributed by atoms with E-state index in [2.05, 4.69) is 10.6 Å². The lowest BCUT2D eigenvalue weighted by molar-refractivity contribution is -0.117. The first kappa shape index (κ1) is 17.0. The summed E-state index contributed by atoms with van der Waals surface area (Å²) in [5.41, 5.74) is 0.291. The first-order chi connectivity index (χ1) is 9.88. The summed E-state index contributed by atoms with van der Waals surface area (Å²) in [5, 5.41) is 14.0. The van der Waals surface area contributed by atoms with Crippen LogP contribution in [-0.2, 0) is 14.9 Å². The van der Waals surface area contributed by atoms with Gasteiger partial charge in [0.2, 0.25) is 0 Å². The molecular formula is C12H12ClN3O4S. The van der Waals surface area contributed by atoms with E-state index >= 15 is 0 Å². The average Bonchev–Trinajstić information content (AvgIpc) is 2.45. The van der Waals surface area contributed by atoms with Crippen molar-refractivity contribution in [2.45, 2.75) is 4.90 Å². The molecule has 0 heterocycles. The Morgan fingerprint density at radius 3 is 2.48 bits per heavy atom. The Bertz CT molecular complexity index is 677. The van der Waals surface area contributed by atoms with E-state index < -0.39 is 16.0 Å². The molecule has 1 amide bonds. The molecule has 0 unspecified atom stereocenters. The zero-order valence-corrected chi connectivity index (χ0v) is 12.3. The molecule has 0 spiro atoms. The zero-order valence-electron chi connectivity index (χ0n) is 10.7. The van der Waals surface area contributed by atoms with Crippen LogP contribution in [-0.4, -0.2) is 31.3 Å². The minimum absolute atomic E-state index is 0.154. The van der Waals surface area contributed by atoms with Crippen LogP contribution in [0.1, 0.15) is 0 Å². The fourth-order valence-corrected chi connectivity index (χ4v) is 1.86. The molecule has 0 aromatic heterocycles. The minimum atomic E-state index is -4.25. The van der Waals surface area contributed by atoms with Gasteiger partial charge in [0.05, 0.1) is 4.90 Å². The van der Waals surface area contributed by atoms with Gasteiger partial charge in [-0.3, -0.25) is 9.35 Å².